The topological polar surface area (TPSA) is 70.0 Å². The van der Waals surface area contributed by atoms with Gasteiger partial charge in [-0.15, -0.1) is 0 Å². The Morgan fingerprint density at radius 1 is 0.931 bits per heavy atom. The number of benzene rings is 2. The van der Waals surface area contributed by atoms with E-state index in [1.165, 1.54) is 4.90 Å². The predicted octanol–water partition coefficient (Wildman–Crippen LogP) is 3.05. The fourth-order valence-corrected chi connectivity index (χ4v) is 4.72. The predicted molar refractivity (Wildman–Crippen MR) is 111 cm³/mol. The molecule has 2 aromatic carbocycles. The number of imide groups is 1. The molecular formula is C22H16BrN3O3. The third-order valence-electron chi connectivity index (χ3n) is 5.70. The van der Waals surface area contributed by atoms with Crippen molar-refractivity contribution >= 4 is 45.4 Å². The van der Waals surface area contributed by atoms with Gasteiger partial charge in [-0.3, -0.25) is 19.4 Å². The van der Waals surface area contributed by atoms with Gasteiger partial charge >= 0.3 is 0 Å². The number of rotatable bonds is 3. The molecule has 2 saturated heterocycles. The Balaban J connectivity index is 1.58. The molecule has 0 N–H and O–H groups in total. The summed E-state index contributed by atoms with van der Waals surface area (Å²) >= 11 is 3.37. The average Bonchev–Trinajstić information content (AvgIpc) is 3.22. The van der Waals surface area contributed by atoms with E-state index >= 15 is 0 Å². The van der Waals surface area contributed by atoms with Gasteiger partial charge in [-0.2, -0.15) is 5.10 Å². The second kappa shape index (κ2) is 6.77. The smallest absolute Gasteiger partial charge is 0.240 e. The van der Waals surface area contributed by atoms with Gasteiger partial charge in [0, 0.05) is 16.3 Å². The molecule has 3 aliphatic rings. The number of ketones is 1. The lowest BCUT2D eigenvalue weighted by Gasteiger charge is -2.30. The Morgan fingerprint density at radius 3 is 2.34 bits per heavy atom. The van der Waals surface area contributed by atoms with Gasteiger partial charge in [-0.25, -0.2) is 4.90 Å². The molecule has 0 unspecified atom stereocenters. The number of carbonyl (C=O) groups excluding carboxylic acids is 3. The van der Waals surface area contributed by atoms with E-state index in [0.29, 0.717) is 11.3 Å². The summed E-state index contributed by atoms with van der Waals surface area (Å²) in [7, 11) is 0. The quantitative estimate of drug-likeness (QED) is 0.533. The van der Waals surface area contributed by atoms with Crippen LogP contribution < -0.4 is 4.90 Å². The minimum atomic E-state index is -0.814. The maximum atomic E-state index is 13.4. The standard InChI is InChI=1S/C22H16BrN3O3/c23-14-8-10-15(11-9-14)25-21(28)17-16-7-4-12-24-26(16)19(18(17)22(25)29)20(27)13-5-2-1-3-6-13/h1-12,16-19H/t16-,17+,18+,19-/m0/s1. The first kappa shape index (κ1) is 18.0. The van der Waals surface area contributed by atoms with Crippen LogP contribution in [-0.2, 0) is 9.59 Å². The minimum absolute atomic E-state index is 0.200. The molecule has 4 atom stereocenters. The molecule has 7 heteroatoms. The van der Waals surface area contributed by atoms with Gasteiger partial charge in [-0.05, 0) is 30.3 Å². The van der Waals surface area contributed by atoms with E-state index in [9.17, 15) is 14.4 Å². The van der Waals surface area contributed by atoms with Crippen LogP contribution in [0.4, 0.5) is 5.69 Å². The summed E-state index contributed by atoms with van der Waals surface area (Å²) in [5.41, 5.74) is 1.02. The maximum Gasteiger partial charge on any atom is 0.240 e. The summed E-state index contributed by atoms with van der Waals surface area (Å²) in [5.74, 6) is -2.26. The Hall–Kier alpha value is -3.06. The van der Waals surface area contributed by atoms with Crippen molar-refractivity contribution < 1.29 is 14.4 Å². The van der Waals surface area contributed by atoms with Crippen LogP contribution in [0.15, 0.2) is 76.3 Å². The van der Waals surface area contributed by atoms with Gasteiger partial charge in [0.25, 0.3) is 0 Å². The first-order valence-electron chi connectivity index (χ1n) is 9.29. The lowest BCUT2D eigenvalue weighted by Crippen LogP contribution is -2.46. The number of allylic oxidation sites excluding steroid dienone is 1. The molecule has 6 nitrogen and oxygen atoms in total. The molecule has 0 saturated carbocycles. The minimum Gasteiger partial charge on any atom is -0.292 e. The molecule has 0 bridgehead atoms. The fourth-order valence-electron chi connectivity index (χ4n) is 4.46. The normalized spacial score (nSPS) is 27.3. The highest BCUT2D eigenvalue weighted by atomic mass is 79.9. The summed E-state index contributed by atoms with van der Waals surface area (Å²) in [6.45, 7) is 0. The molecule has 2 aromatic rings. The van der Waals surface area contributed by atoms with E-state index in [-0.39, 0.29) is 17.6 Å². The number of amides is 2. The van der Waals surface area contributed by atoms with E-state index in [0.717, 1.165) is 4.47 Å². The van der Waals surface area contributed by atoms with Crippen LogP contribution in [0, 0.1) is 11.8 Å². The molecule has 2 fully saturated rings. The Morgan fingerprint density at radius 2 is 1.62 bits per heavy atom. The summed E-state index contributed by atoms with van der Waals surface area (Å²) in [4.78, 5) is 41.3. The first-order chi connectivity index (χ1) is 14.1. The van der Waals surface area contributed by atoms with Crippen molar-refractivity contribution in [2.75, 3.05) is 4.90 Å². The third kappa shape index (κ3) is 2.68. The number of hydrogen-bond acceptors (Lipinski definition) is 5. The number of carbonyl (C=O) groups is 3. The zero-order chi connectivity index (χ0) is 20.1. The van der Waals surface area contributed by atoms with E-state index in [1.54, 1.807) is 65.8 Å². The van der Waals surface area contributed by atoms with Crippen molar-refractivity contribution in [1.29, 1.82) is 0 Å². The van der Waals surface area contributed by atoms with Crippen LogP contribution in [0.3, 0.4) is 0 Å². The number of hydrogen-bond donors (Lipinski definition) is 0. The van der Waals surface area contributed by atoms with Crippen molar-refractivity contribution in [3.05, 3.63) is 76.8 Å². The van der Waals surface area contributed by atoms with Crippen molar-refractivity contribution in [3.8, 4) is 0 Å². The Kier molecular flexibility index (Phi) is 4.20. The van der Waals surface area contributed by atoms with Crippen LogP contribution in [0.2, 0.25) is 0 Å². The Labute approximate surface area is 175 Å². The zero-order valence-corrected chi connectivity index (χ0v) is 16.8. The number of nitrogens with zero attached hydrogens (tertiary/aromatic N) is 3. The van der Waals surface area contributed by atoms with Gasteiger partial charge in [0.05, 0.1) is 23.6 Å². The largest absolute Gasteiger partial charge is 0.292 e. The van der Waals surface area contributed by atoms with Crippen LogP contribution in [0.25, 0.3) is 0 Å². The maximum absolute atomic E-state index is 13.4. The summed E-state index contributed by atoms with van der Waals surface area (Å²) in [6.07, 6.45) is 5.19. The van der Waals surface area contributed by atoms with Crippen molar-refractivity contribution in [2.24, 2.45) is 16.9 Å². The molecular weight excluding hydrogens is 434 g/mol. The molecule has 29 heavy (non-hydrogen) atoms. The molecule has 3 heterocycles. The second-order valence-electron chi connectivity index (χ2n) is 7.24. The third-order valence-corrected chi connectivity index (χ3v) is 6.23. The Bertz CT molecular complexity index is 1060. The second-order valence-corrected chi connectivity index (χ2v) is 8.15. The lowest BCUT2D eigenvalue weighted by molar-refractivity contribution is -0.123. The lowest BCUT2D eigenvalue weighted by atomic mass is 9.86. The van der Waals surface area contributed by atoms with E-state index in [2.05, 4.69) is 21.0 Å². The highest BCUT2D eigenvalue weighted by Crippen LogP contribution is 2.46. The zero-order valence-electron chi connectivity index (χ0n) is 15.2. The van der Waals surface area contributed by atoms with Crippen LogP contribution in [-0.4, -0.2) is 40.9 Å². The van der Waals surface area contributed by atoms with Gasteiger partial charge in [-0.1, -0.05) is 52.3 Å². The average molecular weight is 450 g/mol. The molecule has 3 aliphatic heterocycles. The van der Waals surface area contributed by atoms with Crippen LogP contribution in [0.5, 0.6) is 0 Å². The van der Waals surface area contributed by atoms with Crippen molar-refractivity contribution in [3.63, 3.8) is 0 Å². The van der Waals surface area contributed by atoms with Crippen LogP contribution in [0.1, 0.15) is 10.4 Å². The molecule has 0 spiro atoms. The van der Waals surface area contributed by atoms with Gasteiger partial charge in [0.2, 0.25) is 11.8 Å². The molecule has 0 aliphatic carbocycles. The molecule has 5 rings (SSSR count). The van der Waals surface area contributed by atoms with E-state index < -0.39 is 23.9 Å². The van der Waals surface area contributed by atoms with Crippen LogP contribution >= 0.6 is 15.9 Å². The van der Waals surface area contributed by atoms with Gasteiger partial charge in [0.1, 0.15) is 6.04 Å². The SMILES string of the molecule is O=C(c1ccccc1)[C@@H]1[C@@H]2C(=O)N(c3ccc(Br)cc3)C(=O)[C@@H]2[C@@H]2C=CC=NN12. The van der Waals surface area contributed by atoms with Crippen molar-refractivity contribution in [2.45, 2.75) is 12.1 Å². The summed E-state index contributed by atoms with van der Waals surface area (Å²) < 4.78 is 0.855. The number of halogens is 1. The van der Waals surface area contributed by atoms with Gasteiger partial charge < -0.3 is 0 Å². The highest BCUT2D eigenvalue weighted by molar-refractivity contribution is 9.10. The monoisotopic (exact) mass is 449 g/mol. The fraction of sp³-hybridized carbons (Fsp3) is 0.182. The first-order valence-corrected chi connectivity index (χ1v) is 10.1. The van der Waals surface area contributed by atoms with E-state index in [1.807, 2.05) is 12.1 Å². The molecule has 2 amide bonds. The molecule has 0 aromatic heterocycles. The van der Waals surface area contributed by atoms with Gasteiger partial charge in [0.15, 0.2) is 5.78 Å². The molecule has 0 radical (unpaired) electrons. The van der Waals surface area contributed by atoms with E-state index in [4.69, 9.17) is 0 Å². The number of fused-ring (bicyclic) bond motifs is 3. The number of Topliss-reactive ketones (excluding diaryl/α,β-unsaturated/α-hetero) is 1. The van der Waals surface area contributed by atoms with Crippen molar-refractivity contribution in [1.82, 2.24) is 5.01 Å². The highest BCUT2D eigenvalue weighted by Gasteiger charge is 2.64. The number of hydrazone groups is 1. The number of anilines is 1. The molecule has 144 valence electrons. The summed E-state index contributed by atoms with van der Waals surface area (Å²) in [5, 5.41) is 5.98. The summed E-state index contributed by atoms with van der Waals surface area (Å²) in [6, 6.07) is 14.6.